The molecule has 98 valence electrons. The van der Waals surface area contributed by atoms with Crippen LogP contribution in [0.25, 0.3) is 0 Å². The molecule has 1 rings (SSSR count). The van der Waals surface area contributed by atoms with Crippen LogP contribution in [0.5, 0.6) is 0 Å². The molecule has 0 saturated carbocycles. The van der Waals surface area contributed by atoms with Gasteiger partial charge in [0.05, 0.1) is 6.20 Å². The molecule has 4 nitrogen and oxygen atoms in total. The molecule has 0 bridgehead atoms. The molecule has 4 heteroatoms. The fourth-order valence-electron chi connectivity index (χ4n) is 2.21. The Bertz CT molecular complexity index is 302. The average molecular weight is 238 g/mol. The minimum absolute atomic E-state index is 0.404. The molecule has 0 amide bonds. The molecule has 0 aliphatic rings. The Hall–Kier alpha value is -0.870. The monoisotopic (exact) mass is 238 g/mol. The lowest BCUT2D eigenvalue weighted by molar-refractivity contribution is 0.258. The van der Waals surface area contributed by atoms with E-state index in [2.05, 4.69) is 30.0 Å². The number of rotatable bonds is 8. The van der Waals surface area contributed by atoms with Crippen molar-refractivity contribution in [3.05, 3.63) is 18.0 Å². The molecule has 1 heterocycles. The highest BCUT2D eigenvalue weighted by atomic mass is 15.2. The number of hydrogen-bond acceptors (Lipinski definition) is 3. The van der Waals surface area contributed by atoms with Gasteiger partial charge in [0.15, 0.2) is 0 Å². The summed E-state index contributed by atoms with van der Waals surface area (Å²) >= 11 is 0. The van der Waals surface area contributed by atoms with Crippen LogP contribution in [0.15, 0.2) is 12.4 Å². The second-order valence-corrected chi connectivity index (χ2v) is 4.68. The van der Waals surface area contributed by atoms with Crippen molar-refractivity contribution in [2.45, 2.75) is 32.6 Å². The topological polar surface area (TPSA) is 47.1 Å². The third kappa shape index (κ3) is 4.48. The van der Waals surface area contributed by atoms with Crippen LogP contribution in [0, 0.1) is 0 Å². The summed E-state index contributed by atoms with van der Waals surface area (Å²) in [7, 11) is 1.95. The molecule has 1 aromatic rings. The summed E-state index contributed by atoms with van der Waals surface area (Å²) in [6, 6.07) is 0. The summed E-state index contributed by atoms with van der Waals surface area (Å²) in [6.45, 7) is 8.50. The summed E-state index contributed by atoms with van der Waals surface area (Å²) in [6.07, 6.45) is 6.41. The number of nitrogens with two attached hydrogens (primary N) is 1. The molecular weight excluding hydrogens is 212 g/mol. The molecule has 2 N–H and O–H groups in total. The lowest BCUT2D eigenvalue weighted by atomic mass is 10.0. The van der Waals surface area contributed by atoms with Gasteiger partial charge in [0.2, 0.25) is 0 Å². The fourth-order valence-corrected chi connectivity index (χ4v) is 2.21. The maximum atomic E-state index is 5.89. The molecule has 0 aliphatic heterocycles. The molecule has 0 fully saturated rings. The molecule has 0 radical (unpaired) electrons. The van der Waals surface area contributed by atoms with Gasteiger partial charge in [-0.2, -0.15) is 5.10 Å². The minimum atomic E-state index is 0.404. The van der Waals surface area contributed by atoms with E-state index in [-0.39, 0.29) is 0 Å². The Morgan fingerprint density at radius 3 is 2.41 bits per heavy atom. The molecule has 1 atom stereocenters. The predicted octanol–water partition coefficient (Wildman–Crippen LogP) is 1.58. The van der Waals surface area contributed by atoms with Crippen molar-refractivity contribution >= 4 is 0 Å². The number of aromatic nitrogens is 2. The second-order valence-electron chi connectivity index (χ2n) is 4.68. The summed E-state index contributed by atoms with van der Waals surface area (Å²) < 4.78 is 1.85. The van der Waals surface area contributed by atoms with Crippen molar-refractivity contribution < 1.29 is 0 Å². The highest BCUT2D eigenvalue weighted by Gasteiger charge is 2.15. The maximum Gasteiger partial charge on any atom is 0.0525 e. The van der Waals surface area contributed by atoms with Crippen LogP contribution in [0.3, 0.4) is 0 Å². The van der Waals surface area contributed by atoms with E-state index >= 15 is 0 Å². The first-order valence-corrected chi connectivity index (χ1v) is 6.62. The van der Waals surface area contributed by atoms with Crippen molar-refractivity contribution in [2.75, 3.05) is 26.2 Å². The standard InChI is InChI=1S/C13H26N4/c1-4-6-17(7-5-2)11-12(8-14)13-9-15-16(3)10-13/h9-10,12H,4-8,11,14H2,1-3H3. The van der Waals surface area contributed by atoms with E-state index < -0.39 is 0 Å². The minimum Gasteiger partial charge on any atom is -0.330 e. The summed E-state index contributed by atoms with van der Waals surface area (Å²) in [5.74, 6) is 0.404. The van der Waals surface area contributed by atoms with Gasteiger partial charge in [0.25, 0.3) is 0 Å². The van der Waals surface area contributed by atoms with Crippen molar-refractivity contribution in [1.29, 1.82) is 0 Å². The van der Waals surface area contributed by atoms with Gasteiger partial charge in [0, 0.05) is 32.3 Å². The van der Waals surface area contributed by atoms with Crippen LogP contribution in [-0.4, -0.2) is 40.9 Å². The smallest absolute Gasteiger partial charge is 0.0525 e. The second kappa shape index (κ2) is 7.45. The average Bonchev–Trinajstić information content (AvgIpc) is 2.73. The highest BCUT2D eigenvalue weighted by Crippen LogP contribution is 2.15. The van der Waals surface area contributed by atoms with Crippen LogP contribution < -0.4 is 5.73 Å². The van der Waals surface area contributed by atoms with Crippen LogP contribution in [0.4, 0.5) is 0 Å². The Balaban J connectivity index is 2.60. The van der Waals surface area contributed by atoms with E-state index in [0.29, 0.717) is 12.5 Å². The zero-order valence-corrected chi connectivity index (χ0v) is 11.4. The first kappa shape index (κ1) is 14.2. The van der Waals surface area contributed by atoms with Gasteiger partial charge in [-0.25, -0.2) is 0 Å². The molecule has 0 saturated heterocycles. The van der Waals surface area contributed by atoms with E-state index in [1.165, 1.54) is 18.4 Å². The Kier molecular flexibility index (Phi) is 6.22. The normalized spacial score (nSPS) is 13.2. The van der Waals surface area contributed by atoms with Crippen molar-refractivity contribution in [1.82, 2.24) is 14.7 Å². The molecule has 1 unspecified atom stereocenters. The van der Waals surface area contributed by atoms with Crippen LogP contribution in [-0.2, 0) is 7.05 Å². The molecular formula is C13H26N4. The predicted molar refractivity (Wildman–Crippen MR) is 72.0 cm³/mol. The van der Waals surface area contributed by atoms with E-state index in [1.807, 2.05) is 17.9 Å². The van der Waals surface area contributed by atoms with Crippen molar-refractivity contribution in [3.8, 4) is 0 Å². The van der Waals surface area contributed by atoms with Crippen LogP contribution in [0.1, 0.15) is 38.2 Å². The quantitative estimate of drug-likeness (QED) is 0.748. The molecule has 1 aromatic heterocycles. The summed E-state index contributed by atoms with van der Waals surface area (Å²) in [5.41, 5.74) is 7.15. The van der Waals surface area contributed by atoms with Gasteiger partial charge >= 0.3 is 0 Å². The van der Waals surface area contributed by atoms with Crippen molar-refractivity contribution in [2.24, 2.45) is 12.8 Å². The highest BCUT2D eigenvalue weighted by molar-refractivity contribution is 5.12. The molecule has 0 aromatic carbocycles. The van der Waals surface area contributed by atoms with Gasteiger partial charge in [-0.3, -0.25) is 4.68 Å². The van der Waals surface area contributed by atoms with Gasteiger partial charge in [-0.05, 0) is 31.5 Å². The van der Waals surface area contributed by atoms with Gasteiger partial charge in [-0.15, -0.1) is 0 Å². The number of aryl methyl sites for hydroxylation is 1. The van der Waals surface area contributed by atoms with E-state index in [9.17, 15) is 0 Å². The lowest BCUT2D eigenvalue weighted by Crippen LogP contribution is -2.33. The van der Waals surface area contributed by atoms with Gasteiger partial charge in [-0.1, -0.05) is 13.8 Å². The zero-order chi connectivity index (χ0) is 12.7. The summed E-state index contributed by atoms with van der Waals surface area (Å²) in [4.78, 5) is 2.50. The maximum absolute atomic E-state index is 5.89. The third-order valence-electron chi connectivity index (χ3n) is 3.04. The first-order chi connectivity index (χ1) is 8.21. The Labute approximate surface area is 105 Å². The largest absolute Gasteiger partial charge is 0.330 e. The lowest BCUT2D eigenvalue weighted by Gasteiger charge is -2.25. The van der Waals surface area contributed by atoms with E-state index in [0.717, 1.165) is 19.6 Å². The van der Waals surface area contributed by atoms with Crippen LogP contribution >= 0.6 is 0 Å². The van der Waals surface area contributed by atoms with Crippen LogP contribution in [0.2, 0.25) is 0 Å². The Morgan fingerprint density at radius 2 is 2.00 bits per heavy atom. The zero-order valence-electron chi connectivity index (χ0n) is 11.4. The van der Waals surface area contributed by atoms with E-state index in [4.69, 9.17) is 5.73 Å². The van der Waals surface area contributed by atoms with Gasteiger partial charge in [0.1, 0.15) is 0 Å². The molecule has 0 spiro atoms. The molecule has 17 heavy (non-hydrogen) atoms. The first-order valence-electron chi connectivity index (χ1n) is 6.62. The summed E-state index contributed by atoms with van der Waals surface area (Å²) in [5, 5.41) is 4.23. The number of hydrogen-bond donors (Lipinski definition) is 1. The molecule has 0 aliphatic carbocycles. The fraction of sp³-hybridized carbons (Fsp3) is 0.769. The number of nitrogens with zero attached hydrogens (tertiary/aromatic N) is 3. The Morgan fingerprint density at radius 1 is 1.35 bits per heavy atom. The van der Waals surface area contributed by atoms with Crippen molar-refractivity contribution in [3.63, 3.8) is 0 Å². The SMILES string of the molecule is CCCN(CCC)CC(CN)c1cnn(C)c1. The van der Waals surface area contributed by atoms with Gasteiger partial charge < -0.3 is 10.6 Å². The van der Waals surface area contributed by atoms with E-state index in [1.54, 1.807) is 0 Å². The third-order valence-corrected chi connectivity index (χ3v) is 3.04.